The smallest absolute Gasteiger partial charge is 0.254 e. The van der Waals surface area contributed by atoms with E-state index in [1.54, 1.807) is 12.1 Å². The van der Waals surface area contributed by atoms with Crippen molar-refractivity contribution < 1.29 is 14.1 Å². The molecule has 2 N–H and O–H groups in total. The zero-order valence-electron chi connectivity index (χ0n) is 12.3. The van der Waals surface area contributed by atoms with Crippen LogP contribution in [0, 0.1) is 5.82 Å². The highest BCUT2D eigenvalue weighted by Gasteiger charge is 2.11. The van der Waals surface area contributed by atoms with Crippen molar-refractivity contribution in [3.8, 4) is 0 Å². The summed E-state index contributed by atoms with van der Waals surface area (Å²) in [6, 6.07) is 14.0. The molecule has 0 fully saturated rings. The molecule has 0 unspecified atom stereocenters. The molecule has 4 heteroatoms. The summed E-state index contributed by atoms with van der Waals surface area (Å²) < 4.78 is 13.6. The molecule has 0 heterocycles. The Morgan fingerprint density at radius 2 is 1.67 bits per heavy atom. The lowest BCUT2D eigenvalue weighted by Crippen LogP contribution is -3.04. The van der Waals surface area contributed by atoms with E-state index in [9.17, 15) is 9.18 Å². The highest BCUT2D eigenvalue weighted by Crippen LogP contribution is 2.09. The molecule has 2 aromatic carbocycles. The first-order valence-corrected chi connectivity index (χ1v) is 6.96. The second-order valence-electron chi connectivity index (χ2n) is 5.32. The van der Waals surface area contributed by atoms with Crippen molar-refractivity contribution in [1.29, 1.82) is 0 Å². The molecule has 0 aliphatic heterocycles. The van der Waals surface area contributed by atoms with E-state index in [0.29, 0.717) is 6.54 Å². The predicted octanol–water partition coefficient (Wildman–Crippen LogP) is 1.40. The lowest BCUT2D eigenvalue weighted by Gasteiger charge is -2.13. The molecular weight excluding hydrogens is 267 g/mol. The predicted molar refractivity (Wildman–Crippen MR) is 80.5 cm³/mol. The van der Waals surface area contributed by atoms with Gasteiger partial charge in [0, 0.05) is 12.1 Å². The Bertz CT molecular complexity index is 626. The summed E-state index contributed by atoms with van der Waals surface area (Å²) in [5, 5.41) is 2.78. The van der Waals surface area contributed by atoms with Gasteiger partial charge in [-0.25, -0.2) is 4.39 Å². The number of carbonyl (C=O) groups excluding carboxylic acids is 1. The van der Waals surface area contributed by atoms with Crippen LogP contribution in [-0.4, -0.2) is 20.0 Å². The van der Waals surface area contributed by atoms with Crippen LogP contribution < -0.4 is 10.2 Å². The number of carbonyl (C=O) groups is 1. The molecule has 0 aliphatic carbocycles. The van der Waals surface area contributed by atoms with Gasteiger partial charge >= 0.3 is 0 Å². The number of halogens is 1. The fraction of sp³-hybridized carbons (Fsp3) is 0.235. The van der Waals surface area contributed by atoms with Crippen LogP contribution in [0.2, 0.25) is 0 Å². The highest BCUT2D eigenvalue weighted by atomic mass is 19.1. The molecule has 1 amide bonds. The second kappa shape index (κ2) is 6.99. The summed E-state index contributed by atoms with van der Waals surface area (Å²) in [6.45, 7) is 1.28. The summed E-state index contributed by atoms with van der Waals surface area (Å²) >= 11 is 0. The van der Waals surface area contributed by atoms with Crippen LogP contribution in [0.3, 0.4) is 0 Å². The molecular formula is C17H20FN2O+. The molecule has 0 bridgehead atoms. The fourth-order valence-electron chi connectivity index (χ4n) is 2.20. The number of nitrogens with one attached hydrogen (secondary N) is 2. The molecule has 0 saturated heterocycles. The van der Waals surface area contributed by atoms with E-state index in [2.05, 4.69) is 25.5 Å². The van der Waals surface area contributed by atoms with Gasteiger partial charge in [0.2, 0.25) is 0 Å². The van der Waals surface area contributed by atoms with Gasteiger partial charge in [-0.3, -0.25) is 4.79 Å². The lowest BCUT2D eigenvalue weighted by atomic mass is 10.1. The van der Waals surface area contributed by atoms with Crippen LogP contribution >= 0.6 is 0 Å². The van der Waals surface area contributed by atoms with Crippen molar-refractivity contribution in [2.24, 2.45) is 0 Å². The number of hydrogen-bond donors (Lipinski definition) is 2. The number of hydrogen-bond acceptors (Lipinski definition) is 1. The van der Waals surface area contributed by atoms with E-state index in [1.807, 2.05) is 18.2 Å². The van der Waals surface area contributed by atoms with E-state index >= 15 is 0 Å². The van der Waals surface area contributed by atoms with Crippen LogP contribution in [0.4, 0.5) is 4.39 Å². The fourth-order valence-corrected chi connectivity index (χ4v) is 2.20. The van der Waals surface area contributed by atoms with Crippen molar-refractivity contribution in [3.05, 3.63) is 71.0 Å². The minimum Gasteiger partial charge on any atom is -0.348 e. The van der Waals surface area contributed by atoms with E-state index in [1.165, 1.54) is 22.6 Å². The van der Waals surface area contributed by atoms with E-state index in [0.717, 1.165) is 12.1 Å². The third kappa shape index (κ3) is 4.13. The molecule has 3 nitrogen and oxygen atoms in total. The van der Waals surface area contributed by atoms with Gasteiger partial charge in [0.05, 0.1) is 19.7 Å². The first kappa shape index (κ1) is 15.2. The summed E-state index contributed by atoms with van der Waals surface area (Å²) in [6.07, 6.45) is 0. The van der Waals surface area contributed by atoms with E-state index in [-0.39, 0.29) is 11.5 Å². The van der Waals surface area contributed by atoms with Crippen molar-refractivity contribution >= 4 is 5.91 Å². The molecule has 0 saturated carbocycles. The summed E-state index contributed by atoms with van der Waals surface area (Å²) in [7, 11) is 4.16. The maximum absolute atomic E-state index is 13.6. The second-order valence-corrected chi connectivity index (χ2v) is 5.32. The van der Waals surface area contributed by atoms with Crippen LogP contribution in [-0.2, 0) is 13.1 Å². The molecule has 0 spiro atoms. The highest BCUT2D eigenvalue weighted by molar-refractivity contribution is 5.94. The Morgan fingerprint density at radius 3 is 2.33 bits per heavy atom. The topological polar surface area (TPSA) is 33.5 Å². The van der Waals surface area contributed by atoms with Gasteiger partial charge in [-0.2, -0.15) is 0 Å². The molecule has 0 atom stereocenters. The lowest BCUT2D eigenvalue weighted by molar-refractivity contribution is -0.872. The van der Waals surface area contributed by atoms with Crippen LogP contribution in [0.25, 0.3) is 0 Å². The quantitative estimate of drug-likeness (QED) is 0.856. The molecule has 0 radical (unpaired) electrons. The Morgan fingerprint density at radius 1 is 1.05 bits per heavy atom. The van der Waals surface area contributed by atoms with Gasteiger partial charge in [0.1, 0.15) is 12.4 Å². The maximum atomic E-state index is 13.6. The number of quaternary nitrogens is 1. The number of rotatable bonds is 5. The normalized spacial score (nSPS) is 10.7. The third-order valence-electron chi connectivity index (χ3n) is 3.22. The molecule has 0 aromatic heterocycles. The average molecular weight is 287 g/mol. The van der Waals surface area contributed by atoms with Gasteiger partial charge in [-0.15, -0.1) is 0 Å². The standard InChI is InChI=1S/C17H19FN2O/c1-20(2)12-14-8-4-3-7-13(14)11-19-17(21)15-9-5-6-10-16(15)18/h3-10H,11-12H2,1-2H3,(H,19,21)/p+1. The zero-order chi connectivity index (χ0) is 15.2. The molecule has 0 aliphatic rings. The minimum absolute atomic E-state index is 0.0771. The van der Waals surface area contributed by atoms with Gasteiger partial charge in [0.25, 0.3) is 5.91 Å². The van der Waals surface area contributed by atoms with Gasteiger partial charge in [0.15, 0.2) is 0 Å². The summed E-state index contributed by atoms with van der Waals surface area (Å²) in [5.74, 6) is -0.888. The number of benzene rings is 2. The van der Waals surface area contributed by atoms with Gasteiger partial charge in [-0.1, -0.05) is 36.4 Å². The largest absolute Gasteiger partial charge is 0.348 e. The Labute approximate surface area is 124 Å². The van der Waals surface area contributed by atoms with E-state index in [4.69, 9.17) is 0 Å². The van der Waals surface area contributed by atoms with Crippen LogP contribution in [0.1, 0.15) is 21.5 Å². The molecule has 21 heavy (non-hydrogen) atoms. The van der Waals surface area contributed by atoms with Crippen molar-refractivity contribution in [3.63, 3.8) is 0 Å². The Kier molecular flexibility index (Phi) is 5.06. The van der Waals surface area contributed by atoms with Crippen LogP contribution in [0.15, 0.2) is 48.5 Å². The molecule has 2 rings (SSSR count). The third-order valence-corrected chi connectivity index (χ3v) is 3.22. The maximum Gasteiger partial charge on any atom is 0.254 e. The Balaban J connectivity index is 2.07. The average Bonchev–Trinajstić information content (AvgIpc) is 2.46. The van der Waals surface area contributed by atoms with E-state index < -0.39 is 5.82 Å². The molecule has 2 aromatic rings. The SMILES string of the molecule is C[NH+](C)Cc1ccccc1CNC(=O)c1ccccc1F. The number of amides is 1. The summed E-state index contributed by atoms with van der Waals surface area (Å²) in [4.78, 5) is 13.3. The first-order valence-electron chi connectivity index (χ1n) is 6.96. The van der Waals surface area contributed by atoms with Gasteiger partial charge in [-0.05, 0) is 17.7 Å². The van der Waals surface area contributed by atoms with Gasteiger partial charge < -0.3 is 10.2 Å². The Hall–Kier alpha value is -2.20. The first-order chi connectivity index (χ1) is 10.1. The minimum atomic E-state index is -0.499. The zero-order valence-corrected chi connectivity index (χ0v) is 12.3. The van der Waals surface area contributed by atoms with Crippen molar-refractivity contribution in [1.82, 2.24) is 5.32 Å². The van der Waals surface area contributed by atoms with Crippen LogP contribution in [0.5, 0.6) is 0 Å². The molecule has 110 valence electrons. The van der Waals surface area contributed by atoms with Crippen molar-refractivity contribution in [2.45, 2.75) is 13.1 Å². The summed E-state index contributed by atoms with van der Waals surface area (Å²) in [5.41, 5.74) is 2.32. The monoisotopic (exact) mass is 287 g/mol. The van der Waals surface area contributed by atoms with Crippen molar-refractivity contribution in [2.75, 3.05) is 14.1 Å².